The molecule has 0 radical (unpaired) electrons. The zero-order valence-electron chi connectivity index (χ0n) is 9.46. The van der Waals surface area contributed by atoms with Crippen molar-refractivity contribution in [2.75, 3.05) is 26.3 Å². The summed E-state index contributed by atoms with van der Waals surface area (Å²) in [7, 11) is 0. The molecule has 1 fully saturated rings. The Morgan fingerprint density at radius 1 is 1.47 bits per heavy atom. The number of aliphatic hydroxyl groups excluding tert-OH is 1. The number of carbonyl (C=O) groups is 2. The molecule has 2 atom stereocenters. The zero-order valence-corrected chi connectivity index (χ0v) is 9.46. The number of carboxylic acids is 2. The Labute approximate surface area is 98.1 Å². The third-order valence-electron chi connectivity index (χ3n) is 1.71. The maximum atomic E-state index is 9.10. The number of hydrogen-bond acceptors (Lipinski definition) is 6. The van der Waals surface area contributed by atoms with Gasteiger partial charge >= 0.3 is 11.9 Å². The fraction of sp³-hybridized carbons (Fsp3) is 0.778. The molecule has 0 amide bonds. The lowest BCUT2D eigenvalue weighted by atomic mass is 10.3. The second-order valence-corrected chi connectivity index (χ2v) is 3.24. The minimum Gasteiger partial charge on any atom is -0.473 e. The quantitative estimate of drug-likeness (QED) is 0.352. The summed E-state index contributed by atoms with van der Waals surface area (Å²) in [5.41, 5.74) is 0. The standard InChI is InChI=1S/C7H15NO3.C2H2O4/c1-6(9)11-5-7-4-8-2-3-10-7;3-1(4)2(5)6/h6-9H,2-5H2,1H3;(H,3,4)(H,5,6). The number of carboxylic acid groups (broad SMARTS) is 2. The molecule has 4 N–H and O–H groups in total. The highest BCUT2D eigenvalue weighted by atomic mass is 16.6. The lowest BCUT2D eigenvalue weighted by molar-refractivity contribution is -0.159. The van der Waals surface area contributed by atoms with Gasteiger partial charge in [-0.05, 0) is 6.92 Å². The second-order valence-electron chi connectivity index (χ2n) is 3.24. The number of ether oxygens (including phenoxy) is 2. The summed E-state index contributed by atoms with van der Waals surface area (Å²) in [5, 5.41) is 26.7. The van der Waals surface area contributed by atoms with Crippen molar-refractivity contribution in [1.29, 1.82) is 0 Å². The maximum Gasteiger partial charge on any atom is 0.414 e. The molecule has 1 rings (SSSR count). The van der Waals surface area contributed by atoms with Crippen LogP contribution in [0.25, 0.3) is 0 Å². The van der Waals surface area contributed by atoms with Gasteiger partial charge in [-0.2, -0.15) is 0 Å². The highest BCUT2D eigenvalue weighted by Crippen LogP contribution is 1.97. The van der Waals surface area contributed by atoms with Crippen LogP contribution in [0.2, 0.25) is 0 Å². The van der Waals surface area contributed by atoms with Crippen LogP contribution in [0.4, 0.5) is 0 Å². The molecule has 100 valence electrons. The van der Waals surface area contributed by atoms with E-state index in [9.17, 15) is 0 Å². The van der Waals surface area contributed by atoms with E-state index in [0.29, 0.717) is 6.61 Å². The number of hydrogen-bond donors (Lipinski definition) is 4. The van der Waals surface area contributed by atoms with Gasteiger partial charge in [0.2, 0.25) is 0 Å². The van der Waals surface area contributed by atoms with Crippen LogP contribution in [0, 0.1) is 0 Å². The Bertz CT molecular complexity index is 225. The van der Waals surface area contributed by atoms with E-state index in [1.54, 1.807) is 6.92 Å². The normalized spacial score (nSPS) is 20.9. The molecule has 1 aliphatic heterocycles. The summed E-state index contributed by atoms with van der Waals surface area (Å²) in [5.74, 6) is -3.65. The van der Waals surface area contributed by atoms with Crippen LogP contribution in [-0.4, -0.2) is 66.0 Å². The summed E-state index contributed by atoms with van der Waals surface area (Å²) in [6.45, 7) is 4.51. The van der Waals surface area contributed by atoms with Crippen molar-refractivity contribution in [1.82, 2.24) is 5.32 Å². The van der Waals surface area contributed by atoms with Gasteiger partial charge in [0, 0.05) is 13.1 Å². The van der Waals surface area contributed by atoms with E-state index < -0.39 is 18.2 Å². The van der Waals surface area contributed by atoms with Crippen LogP contribution in [0.3, 0.4) is 0 Å². The molecule has 0 saturated carbocycles. The smallest absolute Gasteiger partial charge is 0.414 e. The van der Waals surface area contributed by atoms with Crippen LogP contribution in [0.1, 0.15) is 6.92 Å². The van der Waals surface area contributed by atoms with E-state index in [1.165, 1.54) is 0 Å². The van der Waals surface area contributed by atoms with Crippen molar-refractivity contribution >= 4 is 11.9 Å². The molecule has 0 aliphatic carbocycles. The highest BCUT2D eigenvalue weighted by molar-refractivity contribution is 6.27. The molecular formula is C9H17NO7. The molecule has 0 aromatic heterocycles. The van der Waals surface area contributed by atoms with Gasteiger partial charge < -0.3 is 30.1 Å². The molecule has 8 nitrogen and oxygen atoms in total. The number of nitrogens with one attached hydrogen (secondary N) is 1. The first-order valence-corrected chi connectivity index (χ1v) is 5.01. The second kappa shape index (κ2) is 8.88. The fourth-order valence-electron chi connectivity index (χ4n) is 0.973. The van der Waals surface area contributed by atoms with Crippen LogP contribution in [-0.2, 0) is 19.1 Å². The summed E-state index contributed by atoms with van der Waals surface area (Å²) < 4.78 is 10.3. The van der Waals surface area contributed by atoms with E-state index in [2.05, 4.69) is 5.32 Å². The van der Waals surface area contributed by atoms with Crippen LogP contribution in [0.5, 0.6) is 0 Å². The van der Waals surface area contributed by atoms with Crippen LogP contribution >= 0.6 is 0 Å². The lowest BCUT2D eigenvalue weighted by Gasteiger charge is -2.23. The third-order valence-corrected chi connectivity index (χ3v) is 1.71. The minimum atomic E-state index is -1.82. The van der Waals surface area contributed by atoms with Gasteiger partial charge in [-0.15, -0.1) is 0 Å². The molecule has 2 unspecified atom stereocenters. The largest absolute Gasteiger partial charge is 0.473 e. The lowest BCUT2D eigenvalue weighted by Crippen LogP contribution is -2.41. The SMILES string of the molecule is CC(O)OCC1CNCCO1.O=C(O)C(=O)O. The van der Waals surface area contributed by atoms with E-state index in [-0.39, 0.29) is 6.10 Å². The molecule has 0 bridgehead atoms. The average molecular weight is 251 g/mol. The third kappa shape index (κ3) is 9.69. The predicted molar refractivity (Wildman–Crippen MR) is 55.5 cm³/mol. The van der Waals surface area contributed by atoms with Crippen LogP contribution < -0.4 is 5.32 Å². The molecule has 8 heteroatoms. The molecule has 1 saturated heterocycles. The van der Waals surface area contributed by atoms with E-state index in [1.807, 2.05) is 0 Å². The van der Waals surface area contributed by atoms with Crippen molar-refractivity contribution in [3.05, 3.63) is 0 Å². The monoisotopic (exact) mass is 251 g/mol. The molecule has 0 aromatic rings. The molecule has 0 spiro atoms. The van der Waals surface area contributed by atoms with Gasteiger partial charge in [0.25, 0.3) is 0 Å². The maximum absolute atomic E-state index is 9.10. The van der Waals surface area contributed by atoms with Crippen LogP contribution in [0.15, 0.2) is 0 Å². The first kappa shape index (κ1) is 15.8. The number of rotatable bonds is 3. The average Bonchev–Trinajstić information content (AvgIpc) is 2.28. The molecule has 1 heterocycles. The Hall–Kier alpha value is -1.22. The minimum absolute atomic E-state index is 0.0957. The topological polar surface area (TPSA) is 125 Å². The van der Waals surface area contributed by atoms with Crippen molar-refractivity contribution < 1.29 is 34.4 Å². The summed E-state index contributed by atoms with van der Waals surface area (Å²) in [6.07, 6.45) is -0.598. The van der Waals surface area contributed by atoms with Gasteiger partial charge in [-0.3, -0.25) is 0 Å². The van der Waals surface area contributed by atoms with E-state index in [0.717, 1.165) is 19.7 Å². The summed E-state index contributed by atoms with van der Waals surface area (Å²) >= 11 is 0. The molecule has 17 heavy (non-hydrogen) atoms. The summed E-state index contributed by atoms with van der Waals surface area (Å²) in [6, 6.07) is 0. The zero-order chi connectivity index (χ0) is 13.3. The molecular weight excluding hydrogens is 234 g/mol. The Morgan fingerprint density at radius 2 is 2.06 bits per heavy atom. The molecule has 1 aliphatic rings. The first-order valence-electron chi connectivity index (χ1n) is 5.01. The summed E-state index contributed by atoms with van der Waals surface area (Å²) in [4.78, 5) is 18.2. The first-order chi connectivity index (χ1) is 7.93. The van der Waals surface area contributed by atoms with E-state index >= 15 is 0 Å². The Kier molecular flexibility index (Phi) is 8.24. The van der Waals surface area contributed by atoms with Crippen molar-refractivity contribution in [3.8, 4) is 0 Å². The fourth-order valence-corrected chi connectivity index (χ4v) is 0.973. The van der Waals surface area contributed by atoms with Gasteiger partial charge in [-0.25, -0.2) is 9.59 Å². The Morgan fingerprint density at radius 3 is 2.41 bits per heavy atom. The van der Waals surface area contributed by atoms with Crippen molar-refractivity contribution in [3.63, 3.8) is 0 Å². The van der Waals surface area contributed by atoms with Gasteiger partial charge in [0.15, 0.2) is 6.29 Å². The van der Waals surface area contributed by atoms with Gasteiger partial charge in [-0.1, -0.05) is 0 Å². The van der Waals surface area contributed by atoms with Gasteiger partial charge in [0.05, 0.1) is 19.3 Å². The molecule has 0 aromatic carbocycles. The van der Waals surface area contributed by atoms with Crippen molar-refractivity contribution in [2.24, 2.45) is 0 Å². The number of aliphatic carboxylic acids is 2. The predicted octanol–water partition coefficient (Wildman–Crippen LogP) is -1.51. The van der Waals surface area contributed by atoms with Gasteiger partial charge in [0.1, 0.15) is 0 Å². The number of morpholine rings is 1. The Balaban J connectivity index is 0.000000366. The highest BCUT2D eigenvalue weighted by Gasteiger charge is 2.13. The van der Waals surface area contributed by atoms with Crippen molar-refractivity contribution in [2.45, 2.75) is 19.3 Å². The number of aliphatic hydroxyl groups is 1. The van der Waals surface area contributed by atoms with E-state index in [4.69, 9.17) is 34.4 Å².